The number of alkyl carbamates (subject to hydrolysis) is 1. The molecular weight excluding hydrogens is 475 g/mol. The van der Waals surface area contributed by atoms with Crippen LogP contribution in [0.15, 0.2) is 36.5 Å². The molecule has 194 valence electrons. The lowest BCUT2D eigenvalue weighted by Crippen LogP contribution is -2.34. The molecule has 0 aliphatic heterocycles. The Morgan fingerprint density at radius 1 is 1.19 bits per heavy atom. The molecule has 1 aromatic carbocycles. The van der Waals surface area contributed by atoms with E-state index in [0.717, 1.165) is 16.7 Å². The monoisotopic (exact) mass is 506 g/mol. The molecule has 0 saturated heterocycles. The third-order valence-electron chi connectivity index (χ3n) is 5.76. The van der Waals surface area contributed by atoms with Gasteiger partial charge in [0.1, 0.15) is 17.1 Å². The second-order valence-corrected chi connectivity index (χ2v) is 9.67. The van der Waals surface area contributed by atoms with Crippen LogP contribution in [0.3, 0.4) is 0 Å². The van der Waals surface area contributed by atoms with Gasteiger partial charge in [0.05, 0.1) is 24.5 Å². The summed E-state index contributed by atoms with van der Waals surface area (Å²) in [6, 6.07) is 8.42. The molecule has 1 N–H and O–H groups in total. The summed E-state index contributed by atoms with van der Waals surface area (Å²) in [6.07, 6.45) is 6.00. The number of rotatable bonds is 7. The highest BCUT2D eigenvalue weighted by atomic mass is 19.1. The van der Waals surface area contributed by atoms with Crippen molar-refractivity contribution in [1.82, 2.24) is 20.1 Å². The Labute approximate surface area is 215 Å². The van der Waals surface area contributed by atoms with Gasteiger partial charge in [0, 0.05) is 29.4 Å². The van der Waals surface area contributed by atoms with Crippen LogP contribution in [-0.4, -0.2) is 45.6 Å². The Kier molecular flexibility index (Phi) is 7.71. The summed E-state index contributed by atoms with van der Waals surface area (Å²) < 4.78 is 26.2. The molecule has 0 fully saturated rings. The minimum Gasteiger partial charge on any atom is -0.461 e. The number of benzene rings is 1. The maximum atomic E-state index is 14.0. The molecule has 1 aliphatic rings. The number of halogens is 1. The number of ether oxygens (including phenoxy) is 2. The Hall–Kier alpha value is -4.01. The largest absolute Gasteiger partial charge is 0.461 e. The molecule has 1 amide bonds. The quantitative estimate of drug-likeness (QED) is 0.451. The molecule has 1 aliphatic carbocycles. The summed E-state index contributed by atoms with van der Waals surface area (Å²) in [6.45, 7) is 7.85. The highest BCUT2D eigenvalue weighted by Gasteiger charge is 2.29. The van der Waals surface area contributed by atoms with Gasteiger partial charge in [-0.2, -0.15) is 5.10 Å². The fourth-order valence-electron chi connectivity index (χ4n) is 4.18. The van der Waals surface area contributed by atoms with E-state index in [-0.39, 0.29) is 25.5 Å². The number of nitrogens with zero attached hydrogens (tertiary/aromatic N) is 3. The van der Waals surface area contributed by atoms with Crippen molar-refractivity contribution < 1.29 is 23.5 Å². The Morgan fingerprint density at radius 3 is 2.70 bits per heavy atom. The van der Waals surface area contributed by atoms with E-state index in [1.807, 2.05) is 6.07 Å². The highest BCUT2D eigenvalue weighted by Crippen LogP contribution is 2.35. The van der Waals surface area contributed by atoms with Crippen LogP contribution < -0.4 is 5.32 Å². The van der Waals surface area contributed by atoms with Gasteiger partial charge >= 0.3 is 12.1 Å². The maximum absolute atomic E-state index is 14.0. The fourth-order valence-corrected chi connectivity index (χ4v) is 4.18. The number of carbonyl (C=O) groups is 2. The van der Waals surface area contributed by atoms with Crippen LogP contribution in [0.25, 0.3) is 23.4 Å². The van der Waals surface area contributed by atoms with Crippen LogP contribution in [0.1, 0.15) is 60.6 Å². The molecule has 9 heteroatoms. The van der Waals surface area contributed by atoms with E-state index in [9.17, 15) is 14.0 Å². The van der Waals surface area contributed by atoms with Gasteiger partial charge in [0.25, 0.3) is 0 Å². The van der Waals surface area contributed by atoms with Gasteiger partial charge < -0.3 is 14.8 Å². The van der Waals surface area contributed by atoms with Crippen LogP contribution in [0.5, 0.6) is 0 Å². The van der Waals surface area contributed by atoms with Crippen LogP contribution in [0.4, 0.5) is 9.18 Å². The van der Waals surface area contributed by atoms with E-state index < -0.39 is 17.7 Å². The number of fused-ring (bicyclic) bond motifs is 3. The smallest absolute Gasteiger partial charge is 0.407 e. The second kappa shape index (κ2) is 10.9. The fraction of sp³-hybridized carbons (Fsp3) is 0.357. The van der Waals surface area contributed by atoms with Crippen LogP contribution >= 0.6 is 0 Å². The zero-order chi connectivity index (χ0) is 26.6. The standard InChI is InChI=1S/C28H31FN4O4/c1-5-36-26(34)25-21-13-11-19-17-31-20(12-10-18-8-6-7-9-23(18)29)16-22(19)24(21)32-33(25)15-14-30-27(35)37-28(2,3)4/h6-10,12,16-17H,5,11,13-15H2,1-4H3,(H,30,35). The number of esters is 1. The number of carbonyl (C=O) groups excluding carboxylic acids is 2. The van der Waals surface area contributed by atoms with Gasteiger partial charge in [0.2, 0.25) is 0 Å². The minimum atomic E-state index is -0.610. The van der Waals surface area contributed by atoms with Crippen molar-refractivity contribution in [2.75, 3.05) is 13.2 Å². The van der Waals surface area contributed by atoms with Crippen molar-refractivity contribution in [1.29, 1.82) is 0 Å². The first kappa shape index (κ1) is 26.1. The van der Waals surface area contributed by atoms with Crippen molar-refractivity contribution in [3.05, 3.63) is 70.4 Å². The second-order valence-electron chi connectivity index (χ2n) is 9.67. The molecule has 2 heterocycles. The summed E-state index contributed by atoms with van der Waals surface area (Å²) in [4.78, 5) is 29.5. The van der Waals surface area contributed by atoms with Crippen molar-refractivity contribution in [3.8, 4) is 11.3 Å². The lowest BCUT2D eigenvalue weighted by Gasteiger charge is -2.19. The van der Waals surface area contributed by atoms with E-state index in [0.29, 0.717) is 35.5 Å². The van der Waals surface area contributed by atoms with Gasteiger partial charge in [-0.25, -0.2) is 14.0 Å². The van der Waals surface area contributed by atoms with Crippen LogP contribution in [-0.2, 0) is 28.9 Å². The predicted octanol–water partition coefficient (Wildman–Crippen LogP) is 5.05. The molecule has 3 aromatic rings. The number of amides is 1. The first-order chi connectivity index (χ1) is 17.7. The molecule has 0 unspecified atom stereocenters. The zero-order valence-electron chi connectivity index (χ0n) is 21.5. The number of hydrogen-bond donors (Lipinski definition) is 1. The van der Waals surface area contributed by atoms with Crippen molar-refractivity contribution in [2.45, 2.75) is 52.7 Å². The first-order valence-electron chi connectivity index (χ1n) is 12.3. The third kappa shape index (κ3) is 6.22. The van der Waals surface area contributed by atoms with E-state index in [4.69, 9.17) is 14.6 Å². The SMILES string of the molecule is CCOC(=O)c1c2c(nn1CCNC(=O)OC(C)(C)C)-c1cc(C=Cc3ccccc3F)ncc1CC2. The van der Waals surface area contributed by atoms with E-state index in [1.165, 1.54) is 6.07 Å². The average molecular weight is 507 g/mol. The number of aryl methyl sites for hydroxylation is 1. The lowest BCUT2D eigenvalue weighted by atomic mass is 9.89. The van der Waals surface area contributed by atoms with Crippen molar-refractivity contribution in [3.63, 3.8) is 0 Å². The maximum Gasteiger partial charge on any atom is 0.407 e. The summed E-state index contributed by atoms with van der Waals surface area (Å²) in [5.41, 5.74) is 4.26. The molecule has 0 bridgehead atoms. The van der Waals surface area contributed by atoms with E-state index >= 15 is 0 Å². The molecule has 2 aromatic heterocycles. The number of nitrogens with one attached hydrogen (secondary N) is 1. The highest BCUT2D eigenvalue weighted by molar-refractivity contribution is 5.92. The number of aromatic nitrogens is 3. The number of hydrogen-bond acceptors (Lipinski definition) is 6. The van der Waals surface area contributed by atoms with E-state index in [1.54, 1.807) is 68.9 Å². The minimum absolute atomic E-state index is 0.224. The number of pyridine rings is 1. The molecule has 0 spiro atoms. The molecule has 0 atom stereocenters. The molecule has 8 nitrogen and oxygen atoms in total. The molecule has 0 saturated carbocycles. The normalized spacial score (nSPS) is 12.7. The Morgan fingerprint density at radius 2 is 1.97 bits per heavy atom. The summed E-state index contributed by atoms with van der Waals surface area (Å²) in [5, 5.41) is 7.46. The lowest BCUT2D eigenvalue weighted by molar-refractivity contribution is 0.0510. The van der Waals surface area contributed by atoms with Crippen molar-refractivity contribution in [2.24, 2.45) is 0 Å². The van der Waals surface area contributed by atoms with Gasteiger partial charge in [-0.15, -0.1) is 0 Å². The average Bonchev–Trinajstić information content (AvgIpc) is 3.21. The van der Waals surface area contributed by atoms with Crippen LogP contribution in [0, 0.1) is 5.82 Å². The Bertz CT molecular complexity index is 1340. The molecule has 37 heavy (non-hydrogen) atoms. The topological polar surface area (TPSA) is 95.3 Å². The predicted molar refractivity (Wildman–Crippen MR) is 138 cm³/mol. The first-order valence-corrected chi connectivity index (χ1v) is 12.3. The molecule has 4 rings (SSSR count). The molecular formula is C28H31FN4O4. The van der Waals surface area contributed by atoms with Gasteiger partial charge in [-0.05, 0) is 70.4 Å². The van der Waals surface area contributed by atoms with Crippen molar-refractivity contribution >= 4 is 24.2 Å². The Balaban J connectivity index is 1.63. The van der Waals surface area contributed by atoms with Crippen LogP contribution in [0.2, 0.25) is 0 Å². The zero-order valence-corrected chi connectivity index (χ0v) is 21.5. The summed E-state index contributed by atoms with van der Waals surface area (Å²) >= 11 is 0. The summed E-state index contributed by atoms with van der Waals surface area (Å²) in [5.74, 6) is -0.762. The third-order valence-corrected chi connectivity index (χ3v) is 5.76. The van der Waals surface area contributed by atoms with Gasteiger partial charge in [0.15, 0.2) is 0 Å². The van der Waals surface area contributed by atoms with Gasteiger partial charge in [-0.1, -0.05) is 18.2 Å². The summed E-state index contributed by atoms with van der Waals surface area (Å²) in [7, 11) is 0. The van der Waals surface area contributed by atoms with E-state index in [2.05, 4.69) is 10.3 Å². The molecule has 0 radical (unpaired) electrons. The van der Waals surface area contributed by atoms with Gasteiger partial charge in [-0.3, -0.25) is 9.67 Å².